The van der Waals surface area contributed by atoms with Crippen LogP contribution in [0.25, 0.3) is 0 Å². The van der Waals surface area contributed by atoms with Gasteiger partial charge in [0, 0.05) is 28.6 Å². The Bertz CT molecular complexity index is 1120. The molecule has 0 aliphatic carbocycles. The molecule has 4 aromatic rings. The summed E-state index contributed by atoms with van der Waals surface area (Å²) in [7, 11) is 0. The van der Waals surface area contributed by atoms with Crippen LogP contribution in [0.3, 0.4) is 0 Å². The first kappa shape index (κ1) is 20.1. The molecule has 0 atom stereocenters. The Kier molecular flexibility index (Phi) is 6.08. The second kappa shape index (κ2) is 9.08. The average Bonchev–Trinajstić information content (AvgIpc) is 2.81. The van der Waals surface area contributed by atoms with E-state index in [0.717, 1.165) is 22.3 Å². The minimum atomic E-state index is -0.0690. The smallest absolute Gasteiger partial charge is 0.193 e. The number of benzene rings is 4. The molecule has 148 valence electrons. The van der Waals surface area contributed by atoms with Gasteiger partial charge in [-0.1, -0.05) is 109 Å². The van der Waals surface area contributed by atoms with Crippen molar-refractivity contribution in [2.24, 2.45) is 5.73 Å². The molecule has 0 amide bonds. The summed E-state index contributed by atoms with van der Waals surface area (Å²) in [6.45, 7) is 0.317. The molecule has 0 heterocycles. The molecule has 0 saturated heterocycles. The summed E-state index contributed by atoms with van der Waals surface area (Å²) >= 11 is 6.75. The summed E-state index contributed by atoms with van der Waals surface area (Å²) in [5, 5.41) is 0.573. The van der Waals surface area contributed by atoms with E-state index in [1.807, 2.05) is 72.8 Å². The van der Waals surface area contributed by atoms with E-state index < -0.39 is 0 Å². The van der Waals surface area contributed by atoms with Gasteiger partial charge >= 0.3 is 0 Å². The van der Waals surface area contributed by atoms with Crippen LogP contribution >= 0.6 is 11.6 Å². The predicted octanol–water partition coefficient (Wildman–Crippen LogP) is 6.21. The molecule has 0 aromatic heterocycles. The zero-order valence-electron chi connectivity index (χ0n) is 16.5. The maximum Gasteiger partial charge on any atom is 0.193 e. The van der Waals surface area contributed by atoms with Crippen LogP contribution in [0.15, 0.2) is 103 Å². The number of hydrogen-bond donors (Lipinski definition) is 1. The van der Waals surface area contributed by atoms with E-state index in [0.29, 0.717) is 22.7 Å². The van der Waals surface area contributed by atoms with Gasteiger partial charge in [-0.2, -0.15) is 0 Å². The summed E-state index contributed by atoms with van der Waals surface area (Å²) in [5.41, 5.74) is 11.1. The van der Waals surface area contributed by atoms with Gasteiger partial charge in [0.25, 0.3) is 0 Å². The van der Waals surface area contributed by atoms with Crippen molar-refractivity contribution >= 4 is 17.4 Å². The molecule has 0 spiro atoms. The van der Waals surface area contributed by atoms with Gasteiger partial charge < -0.3 is 5.73 Å². The summed E-state index contributed by atoms with van der Waals surface area (Å²) in [6.07, 6.45) is 0. The lowest BCUT2D eigenvalue weighted by Crippen LogP contribution is -2.10. The van der Waals surface area contributed by atoms with Gasteiger partial charge in [-0.25, -0.2) is 0 Å². The summed E-state index contributed by atoms with van der Waals surface area (Å²) < 4.78 is 0. The molecular formula is C27H22ClNO. The van der Waals surface area contributed by atoms with Crippen molar-refractivity contribution in [3.63, 3.8) is 0 Å². The lowest BCUT2D eigenvalue weighted by Gasteiger charge is -2.20. The molecule has 2 nitrogen and oxygen atoms in total. The Morgan fingerprint density at radius 1 is 0.767 bits per heavy atom. The van der Waals surface area contributed by atoms with Gasteiger partial charge in [-0.05, 0) is 28.3 Å². The van der Waals surface area contributed by atoms with Crippen molar-refractivity contribution in [3.8, 4) is 0 Å². The lowest BCUT2D eigenvalue weighted by atomic mass is 9.84. The van der Waals surface area contributed by atoms with Crippen molar-refractivity contribution in [3.05, 3.63) is 142 Å². The zero-order chi connectivity index (χ0) is 20.9. The first-order valence-corrected chi connectivity index (χ1v) is 10.3. The van der Waals surface area contributed by atoms with E-state index in [4.69, 9.17) is 17.3 Å². The number of nitrogens with two attached hydrogens (primary N) is 1. The highest BCUT2D eigenvalue weighted by Gasteiger charge is 2.21. The Morgan fingerprint density at radius 2 is 1.33 bits per heavy atom. The predicted molar refractivity (Wildman–Crippen MR) is 123 cm³/mol. The van der Waals surface area contributed by atoms with E-state index in [2.05, 4.69) is 24.3 Å². The number of hydrogen-bond acceptors (Lipinski definition) is 2. The topological polar surface area (TPSA) is 43.1 Å². The summed E-state index contributed by atoms with van der Waals surface area (Å²) in [6, 6.07) is 33.5. The van der Waals surface area contributed by atoms with Crippen molar-refractivity contribution in [1.29, 1.82) is 0 Å². The number of halogens is 1. The monoisotopic (exact) mass is 411 g/mol. The van der Waals surface area contributed by atoms with Crippen LogP contribution in [0.2, 0.25) is 5.02 Å². The molecule has 30 heavy (non-hydrogen) atoms. The minimum absolute atomic E-state index is 0.0135. The molecule has 0 bridgehead atoms. The zero-order valence-corrected chi connectivity index (χ0v) is 17.2. The van der Waals surface area contributed by atoms with Crippen LogP contribution in [0.4, 0.5) is 0 Å². The minimum Gasteiger partial charge on any atom is -0.326 e. The number of carbonyl (C=O) groups is 1. The first-order chi connectivity index (χ1) is 14.7. The van der Waals surface area contributed by atoms with E-state index in [9.17, 15) is 4.79 Å². The fraction of sp³-hybridized carbons (Fsp3) is 0.0741. The molecule has 0 saturated carbocycles. The Morgan fingerprint density at radius 3 is 1.90 bits per heavy atom. The molecule has 4 aromatic carbocycles. The number of rotatable bonds is 6. The highest BCUT2D eigenvalue weighted by Crippen LogP contribution is 2.36. The molecule has 0 aliphatic heterocycles. The van der Waals surface area contributed by atoms with Crippen LogP contribution in [-0.4, -0.2) is 5.78 Å². The van der Waals surface area contributed by atoms with Crippen molar-refractivity contribution in [1.82, 2.24) is 0 Å². The quantitative estimate of drug-likeness (QED) is 0.302. The SMILES string of the molecule is NCc1ccccc1C(=O)c1ccc(C(c2ccccc2)c2ccccc2)c(Cl)c1. The molecular weight excluding hydrogens is 390 g/mol. The van der Waals surface area contributed by atoms with E-state index in [1.165, 1.54) is 0 Å². The third-order valence-corrected chi connectivity index (χ3v) is 5.65. The normalized spacial score (nSPS) is 10.9. The molecule has 2 N–H and O–H groups in total. The van der Waals surface area contributed by atoms with Gasteiger partial charge in [-0.3, -0.25) is 4.79 Å². The lowest BCUT2D eigenvalue weighted by molar-refractivity contribution is 0.103. The largest absolute Gasteiger partial charge is 0.326 e. The van der Waals surface area contributed by atoms with Crippen LogP contribution in [0.5, 0.6) is 0 Å². The fourth-order valence-electron chi connectivity index (χ4n) is 3.82. The second-order valence-corrected chi connectivity index (χ2v) is 7.59. The maximum atomic E-state index is 13.1. The first-order valence-electron chi connectivity index (χ1n) is 9.91. The second-order valence-electron chi connectivity index (χ2n) is 7.18. The standard InChI is InChI=1S/C27H22ClNO/c28-25-17-21(27(30)23-14-8-7-13-22(23)18-29)15-16-24(25)26(19-9-3-1-4-10-19)20-11-5-2-6-12-20/h1-17,26H,18,29H2. The highest BCUT2D eigenvalue weighted by molar-refractivity contribution is 6.32. The Hall–Kier alpha value is -3.20. The van der Waals surface area contributed by atoms with Crippen molar-refractivity contribution < 1.29 is 4.79 Å². The molecule has 4 rings (SSSR count). The number of ketones is 1. The van der Waals surface area contributed by atoms with Gasteiger partial charge in [-0.15, -0.1) is 0 Å². The average molecular weight is 412 g/mol. The molecule has 0 aliphatic rings. The Labute approximate surface area is 182 Å². The molecule has 0 unspecified atom stereocenters. The highest BCUT2D eigenvalue weighted by atomic mass is 35.5. The molecule has 0 radical (unpaired) electrons. The van der Waals surface area contributed by atoms with E-state index >= 15 is 0 Å². The van der Waals surface area contributed by atoms with Crippen LogP contribution in [0, 0.1) is 0 Å². The van der Waals surface area contributed by atoms with Crippen LogP contribution < -0.4 is 5.73 Å². The maximum absolute atomic E-state index is 13.1. The van der Waals surface area contributed by atoms with E-state index in [1.54, 1.807) is 6.07 Å². The van der Waals surface area contributed by atoms with Crippen LogP contribution in [-0.2, 0) is 6.54 Å². The molecule has 0 fully saturated rings. The van der Waals surface area contributed by atoms with E-state index in [-0.39, 0.29) is 11.7 Å². The van der Waals surface area contributed by atoms with Crippen molar-refractivity contribution in [2.45, 2.75) is 12.5 Å². The van der Waals surface area contributed by atoms with Gasteiger partial charge in [0.2, 0.25) is 0 Å². The summed E-state index contributed by atoms with van der Waals surface area (Å²) in [4.78, 5) is 13.1. The third-order valence-electron chi connectivity index (χ3n) is 5.32. The van der Waals surface area contributed by atoms with Crippen LogP contribution in [0.1, 0.15) is 44.1 Å². The van der Waals surface area contributed by atoms with Gasteiger partial charge in [0.1, 0.15) is 0 Å². The Balaban J connectivity index is 1.77. The molecule has 3 heteroatoms. The van der Waals surface area contributed by atoms with Gasteiger partial charge in [0.15, 0.2) is 5.78 Å². The summed E-state index contributed by atoms with van der Waals surface area (Å²) in [5.74, 6) is -0.0825. The van der Waals surface area contributed by atoms with Crippen molar-refractivity contribution in [2.75, 3.05) is 0 Å². The fourth-order valence-corrected chi connectivity index (χ4v) is 4.11. The number of carbonyl (C=O) groups excluding carboxylic acids is 1. The van der Waals surface area contributed by atoms with Gasteiger partial charge in [0.05, 0.1) is 0 Å². The third kappa shape index (κ3) is 4.06.